The Morgan fingerprint density at radius 2 is 1.73 bits per heavy atom. The number of rotatable bonds is 9. The minimum Gasteiger partial charge on any atom is -0.484 e. The van der Waals surface area contributed by atoms with Gasteiger partial charge in [0.05, 0.1) is 0 Å². The van der Waals surface area contributed by atoms with E-state index in [-0.39, 0.29) is 24.5 Å². The van der Waals surface area contributed by atoms with E-state index in [0.717, 1.165) is 47.9 Å². The first-order valence-corrected chi connectivity index (χ1v) is 12.2. The number of hydrogen-bond donors (Lipinski definition) is 1. The topological polar surface area (TPSA) is 58.6 Å². The number of halogens is 1. The van der Waals surface area contributed by atoms with Crippen LogP contribution in [0.25, 0.3) is 0 Å². The first-order chi connectivity index (χ1) is 15.8. The first kappa shape index (κ1) is 25.1. The minimum absolute atomic E-state index is 0.0792. The molecule has 6 heteroatoms. The molecule has 2 aromatic rings. The van der Waals surface area contributed by atoms with E-state index in [1.54, 1.807) is 4.90 Å². The Kier molecular flexibility index (Phi) is 8.79. The summed E-state index contributed by atoms with van der Waals surface area (Å²) in [5.41, 5.74) is 3.92. The van der Waals surface area contributed by atoms with Crippen LogP contribution >= 0.6 is 11.6 Å². The summed E-state index contributed by atoms with van der Waals surface area (Å²) in [7, 11) is 0. The van der Waals surface area contributed by atoms with E-state index in [2.05, 4.69) is 5.32 Å². The van der Waals surface area contributed by atoms with E-state index in [0.29, 0.717) is 23.7 Å². The second-order valence-electron chi connectivity index (χ2n) is 9.02. The molecular formula is C27H35ClN2O3. The Labute approximate surface area is 202 Å². The summed E-state index contributed by atoms with van der Waals surface area (Å²) in [6.45, 7) is 8.02. The molecule has 0 radical (unpaired) electrons. The number of carbonyl (C=O) groups is 2. The van der Waals surface area contributed by atoms with Gasteiger partial charge >= 0.3 is 0 Å². The van der Waals surface area contributed by atoms with Crippen LogP contribution in [0.3, 0.4) is 0 Å². The Bertz CT molecular complexity index is 962. The van der Waals surface area contributed by atoms with Crippen molar-refractivity contribution in [2.24, 2.45) is 0 Å². The largest absolute Gasteiger partial charge is 0.484 e. The van der Waals surface area contributed by atoms with Gasteiger partial charge in [-0.1, -0.05) is 55.6 Å². The molecule has 0 unspecified atom stereocenters. The third-order valence-corrected chi connectivity index (χ3v) is 7.06. The molecule has 1 fully saturated rings. The first-order valence-electron chi connectivity index (χ1n) is 11.8. The van der Waals surface area contributed by atoms with Crippen molar-refractivity contribution in [1.29, 1.82) is 0 Å². The SMILES string of the molecule is CC[C@@H](C(=O)NC1CCCC1)N(Cc1ccccc1C)C(=O)COc1cc(C)c(Cl)c(C)c1. The van der Waals surface area contributed by atoms with Gasteiger partial charge < -0.3 is 15.0 Å². The lowest BCUT2D eigenvalue weighted by Crippen LogP contribution is -2.52. The predicted octanol–water partition coefficient (Wildman–Crippen LogP) is 5.51. The molecule has 1 aliphatic carbocycles. The number of benzene rings is 2. The van der Waals surface area contributed by atoms with Crippen LogP contribution in [0.2, 0.25) is 5.02 Å². The number of nitrogens with zero attached hydrogens (tertiary/aromatic N) is 1. The summed E-state index contributed by atoms with van der Waals surface area (Å²) in [6, 6.07) is 11.3. The fraction of sp³-hybridized carbons (Fsp3) is 0.481. The van der Waals surface area contributed by atoms with Crippen molar-refractivity contribution in [2.75, 3.05) is 6.61 Å². The molecule has 0 aliphatic heterocycles. The van der Waals surface area contributed by atoms with Crippen LogP contribution < -0.4 is 10.1 Å². The predicted molar refractivity (Wildman–Crippen MR) is 133 cm³/mol. The molecule has 0 aromatic heterocycles. The van der Waals surface area contributed by atoms with E-state index in [1.165, 1.54) is 0 Å². The number of amides is 2. The lowest BCUT2D eigenvalue weighted by atomic mass is 10.1. The fourth-order valence-electron chi connectivity index (χ4n) is 4.48. The summed E-state index contributed by atoms with van der Waals surface area (Å²) in [4.78, 5) is 28.3. The van der Waals surface area contributed by atoms with Crippen LogP contribution in [0.1, 0.15) is 61.3 Å². The Hall–Kier alpha value is -2.53. The molecule has 33 heavy (non-hydrogen) atoms. The molecule has 0 bridgehead atoms. The Morgan fingerprint density at radius 1 is 1.09 bits per heavy atom. The van der Waals surface area contributed by atoms with Crippen molar-refractivity contribution >= 4 is 23.4 Å². The van der Waals surface area contributed by atoms with Gasteiger partial charge in [0, 0.05) is 17.6 Å². The van der Waals surface area contributed by atoms with Gasteiger partial charge in [-0.25, -0.2) is 0 Å². The summed E-state index contributed by atoms with van der Waals surface area (Å²) < 4.78 is 5.86. The van der Waals surface area contributed by atoms with Gasteiger partial charge in [-0.3, -0.25) is 9.59 Å². The maximum atomic E-state index is 13.4. The van der Waals surface area contributed by atoms with Gasteiger partial charge in [0.2, 0.25) is 5.91 Å². The van der Waals surface area contributed by atoms with Crippen LogP contribution in [-0.4, -0.2) is 35.4 Å². The molecular weight excluding hydrogens is 436 g/mol. The van der Waals surface area contributed by atoms with Gasteiger partial charge in [-0.05, 0) is 74.4 Å². The molecule has 2 amide bonds. The molecule has 1 saturated carbocycles. The van der Waals surface area contributed by atoms with Gasteiger partial charge in [0.1, 0.15) is 11.8 Å². The van der Waals surface area contributed by atoms with Crippen LogP contribution in [-0.2, 0) is 16.1 Å². The molecule has 0 heterocycles. The van der Waals surface area contributed by atoms with E-state index in [1.807, 2.05) is 64.1 Å². The fourth-order valence-corrected chi connectivity index (χ4v) is 4.58. The van der Waals surface area contributed by atoms with Crippen molar-refractivity contribution in [2.45, 2.75) is 78.4 Å². The lowest BCUT2D eigenvalue weighted by Gasteiger charge is -2.32. The molecule has 1 N–H and O–H groups in total. The van der Waals surface area contributed by atoms with Crippen molar-refractivity contribution < 1.29 is 14.3 Å². The number of aryl methyl sites for hydroxylation is 3. The van der Waals surface area contributed by atoms with E-state index in [9.17, 15) is 9.59 Å². The summed E-state index contributed by atoms with van der Waals surface area (Å²) in [6.07, 6.45) is 4.83. The zero-order chi connectivity index (χ0) is 24.0. The summed E-state index contributed by atoms with van der Waals surface area (Å²) in [5.74, 6) is 0.309. The number of ether oxygens (including phenoxy) is 1. The van der Waals surface area contributed by atoms with Gasteiger partial charge in [-0.15, -0.1) is 0 Å². The maximum absolute atomic E-state index is 13.4. The molecule has 3 rings (SSSR count). The van der Waals surface area contributed by atoms with Crippen molar-refractivity contribution in [3.8, 4) is 5.75 Å². The van der Waals surface area contributed by atoms with E-state index in [4.69, 9.17) is 16.3 Å². The Balaban J connectivity index is 1.79. The highest BCUT2D eigenvalue weighted by Gasteiger charge is 2.31. The molecule has 1 atom stereocenters. The third-order valence-electron chi connectivity index (χ3n) is 6.46. The molecule has 1 aliphatic rings. The number of carbonyl (C=O) groups excluding carboxylic acids is 2. The smallest absolute Gasteiger partial charge is 0.261 e. The standard InChI is InChI=1S/C27H35ClN2O3/c1-5-24(27(32)29-22-12-8-9-13-22)30(16-21-11-7-6-10-18(21)2)25(31)17-33-23-14-19(3)26(28)20(4)15-23/h6-7,10-11,14-15,22,24H,5,8-9,12-13,16-17H2,1-4H3,(H,29,32)/t24-/m0/s1. The quantitative estimate of drug-likeness (QED) is 0.525. The second kappa shape index (κ2) is 11.6. The van der Waals surface area contributed by atoms with Gasteiger partial charge in [-0.2, -0.15) is 0 Å². The highest BCUT2D eigenvalue weighted by Crippen LogP contribution is 2.26. The van der Waals surface area contributed by atoms with Crippen LogP contribution in [0.5, 0.6) is 5.75 Å². The van der Waals surface area contributed by atoms with Crippen LogP contribution in [0.15, 0.2) is 36.4 Å². The minimum atomic E-state index is -0.546. The third kappa shape index (κ3) is 6.50. The average molecular weight is 471 g/mol. The molecule has 5 nitrogen and oxygen atoms in total. The van der Waals surface area contributed by atoms with Crippen LogP contribution in [0.4, 0.5) is 0 Å². The highest BCUT2D eigenvalue weighted by atomic mass is 35.5. The normalized spacial score (nSPS) is 14.7. The lowest BCUT2D eigenvalue weighted by molar-refractivity contribution is -0.143. The van der Waals surface area contributed by atoms with Crippen molar-refractivity contribution in [1.82, 2.24) is 10.2 Å². The number of nitrogens with one attached hydrogen (secondary N) is 1. The number of hydrogen-bond acceptors (Lipinski definition) is 3. The zero-order valence-corrected chi connectivity index (χ0v) is 20.9. The summed E-state index contributed by atoms with van der Waals surface area (Å²) >= 11 is 6.26. The van der Waals surface area contributed by atoms with Gasteiger partial charge in [0.25, 0.3) is 5.91 Å². The monoisotopic (exact) mass is 470 g/mol. The molecule has 0 saturated heterocycles. The van der Waals surface area contributed by atoms with E-state index >= 15 is 0 Å². The molecule has 2 aromatic carbocycles. The highest BCUT2D eigenvalue weighted by molar-refractivity contribution is 6.32. The second-order valence-corrected chi connectivity index (χ2v) is 9.40. The maximum Gasteiger partial charge on any atom is 0.261 e. The van der Waals surface area contributed by atoms with Gasteiger partial charge in [0.15, 0.2) is 6.61 Å². The van der Waals surface area contributed by atoms with Crippen LogP contribution in [0, 0.1) is 20.8 Å². The Morgan fingerprint density at radius 3 is 2.33 bits per heavy atom. The average Bonchev–Trinajstić information content (AvgIpc) is 3.29. The molecule has 178 valence electrons. The molecule has 0 spiro atoms. The zero-order valence-electron chi connectivity index (χ0n) is 20.1. The van der Waals surface area contributed by atoms with E-state index < -0.39 is 6.04 Å². The van der Waals surface area contributed by atoms with Crippen molar-refractivity contribution in [3.63, 3.8) is 0 Å². The summed E-state index contributed by atoms with van der Waals surface area (Å²) in [5, 5.41) is 3.87. The van der Waals surface area contributed by atoms with Crippen molar-refractivity contribution in [3.05, 3.63) is 63.7 Å².